The third-order valence-corrected chi connectivity index (χ3v) is 9.01. The maximum Gasteiger partial charge on any atom is 0.256 e. The highest BCUT2D eigenvalue weighted by atomic mass is 16.5. The van der Waals surface area contributed by atoms with Gasteiger partial charge in [-0.2, -0.15) is 0 Å². The number of amides is 1. The Morgan fingerprint density at radius 1 is 1.30 bits per heavy atom. The summed E-state index contributed by atoms with van der Waals surface area (Å²) in [5.74, 6) is 1.32. The summed E-state index contributed by atoms with van der Waals surface area (Å²) in [5, 5.41) is 16.6. The van der Waals surface area contributed by atoms with Crippen LogP contribution in [0.15, 0.2) is 30.3 Å². The fraction of sp³-hybridized carbons (Fsp3) is 0.385. The molecule has 1 aromatic heterocycles. The number of benzene rings is 2. The molecule has 3 aliphatic heterocycles. The number of hydrogen-bond acceptors (Lipinski definition) is 6. The van der Waals surface area contributed by atoms with Crippen LogP contribution >= 0.6 is 0 Å². The van der Waals surface area contributed by atoms with Crippen molar-refractivity contribution < 1.29 is 19.4 Å². The van der Waals surface area contributed by atoms with Gasteiger partial charge in [0.1, 0.15) is 0 Å². The number of aliphatic hydroxyl groups is 1. The summed E-state index contributed by atoms with van der Waals surface area (Å²) in [6, 6.07) is 9.72. The highest BCUT2D eigenvalue weighted by Gasteiger charge is 2.72. The Morgan fingerprint density at radius 3 is 3.03 bits per heavy atom. The summed E-state index contributed by atoms with van der Waals surface area (Å²) < 4.78 is 12.4. The van der Waals surface area contributed by atoms with Crippen molar-refractivity contribution in [2.75, 3.05) is 26.0 Å². The van der Waals surface area contributed by atoms with Crippen molar-refractivity contribution >= 4 is 22.5 Å². The molecule has 1 fully saturated rings. The van der Waals surface area contributed by atoms with Gasteiger partial charge in [-0.25, -0.2) is 4.98 Å². The molecule has 0 saturated carbocycles. The zero-order valence-corrected chi connectivity index (χ0v) is 18.4. The monoisotopic (exact) mass is 441 g/mol. The lowest BCUT2D eigenvalue weighted by molar-refractivity contribution is -0.167. The van der Waals surface area contributed by atoms with Gasteiger partial charge in [0.2, 0.25) is 0 Å². The molecule has 2 aromatic carbocycles. The molecule has 1 spiro atoms. The fourth-order valence-electron chi connectivity index (χ4n) is 7.62. The first kappa shape index (κ1) is 18.3. The minimum absolute atomic E-state index is 0.0485. The van der Waals surface area contributed by atoms with Crippen LogP contribution in [0.4, 0.5) is 5.69 Å². The Labute approximate surface area is 190 Å². The molecule has 3 aromatic rings. The van der Waals surface area contributed by atoms with Gasteiger partial charge in [0.15, 0.2) is 17.6 Å². The van der Waals surface area contributed by atoms with Crippen molar-refractivity contribution in [3.63, 3.8) is 0 Å². The number of methoxy groups -OCH3 is 1. The molecule has 4 heterocycles. The van der Waals surface area contributed by atoms with Gasteiger partial charge in [0, 0.05) is 29.0 Å². The zero-order chi connectivity index (χ0) is 22.3. The number of fused-ring (bicyclic) bond motifs is 3. The molecular formula is C26H23N3O4. The van der Waals surface area contributed by atoms with E-state index in [0.717, 1.165) is 58.5 Å². The van der Waals surface area contributed by atoms with Crippen LogP contribution < -0.4 is 14.8 Å². The maximum atomic E-state index is 12.8. The van der Waals surface area contributed by atoms with Crippen molar-refractivity contribution in [3.05, 3.63) is 58.3 Å². The maximum absolute atomic E-state index is 12.8. The minimum Gasteiger partial charge on any atom is -0.493 e. The lowest BCUT2D eigenvalue weighted by Gasteiger charge is -2.62. The van der Waals surface area contributed by atoms with Crippen LogP contribution in [0.1, 0.15) is 45.3 Å². The molecule has 5 aliphatic rings. The highest BCUT2D eigenvalue weighted by Crippen LogP contribution is 2.69. The lowest BCUT2D eigenvalue weighted by atomic mass is 9.49. The van der Waals surface area contributed by atoms with Crippen LogP contribution in [0.25, 0.3) is 10.9 Å². The number of rotatable bonds is 1. The van der Waals surface area contributed by atoms with Crippen LogP contribution in [0.3, 0.4) is 0 Å². The van der Waals surface area contributed by atoms with E-state index in [2.05, 4.69) is 23.3 Å². The van der Waals surface area contributed by atoms with E-state index in [9.17, 15) is 9.90 Å². The quantitative estimate of drug-likeness (QED) is 0.604. The predicted octanol–water partition coefficient (Wildman–Crippen LogP) is 2.73. The number of aromatic nitrogens is 1. The van der Waals surface area contributed by atoms with Gasteiger partial charge in [0.05, 0.1) is 40.6 Å². The van der Waals surface area contributed by atoms with E-state index in [1.807, 2.05) is 24.3 Å². The van der Waals surface area contributed by atoms with E-state index in [1.165, 1.54) is 5.56 Å². The number of carbonyl (C=O) groups is 1. The van der Waals surface area contributed by atoms with Crippen LogP contribution in [-0.2, 0) is 18.3 Å². The van der Waals surface area contributed by atoms with Gasteiger partial charge in [-0.15, -0.1) is 0 Å². The second kappa shape index (κ2) is 5.48. The van der Waals surface area contributed by atoms with E-state index in [-0.39, 0.29) is 11.9 Å². The van der Waals surface area contributed by atoms with Gasteiger partial charge in [0.25, 0.3) is 5.91 Å². The first-order chi connectivity index (χ1) is 16.0. The number of likely N-dealkylation sites (N-methyl/N-ethyl adjacent to an activating group) is 1. The second-order valence-electron chi connectivity index (χ2n) is 10.2. The average molecular weight is 441 g/mol. The first-order valence-electron chi connectivity index (χ1n) is 11.5. The van der Waals surface area contributed by atoms with E-state index >= 15 is 0 Å². The summed E-state index contributed by atoms with van der Waals surface area (Å²) in [7, 11) is 3.76. The predicted molar refractivity (Wildman–Crippen MR) is 121 cm³/mol. The second-order valence-corrected chi connectivity index (χ2v) is 10.2. The molecule has 7 heteroatoms. The van der Waals surface area contributed by atoms with E-state index in [1.54, 1.807) is 7.11 Å². The number of piperidine rings is 1. The molecule has 2 aliphatic carbocycles. The van der Waals surface area contributed by atoms with Crippen LogP contribution in [-0.4, -0.2) is 53.2 Å². The molecule has 2 bridgehead atoms. The summed E-state index contributed by atoms with van der Waals surface area (Å²) in [6.07, 6.45) is 1.52. The number of ether oxygens (including phenoxy) is 2. The van der Waals surface area contributed by atoms with Gasteiger partial charge < -0.3 is 24.8 Å². The topological polar surface area (TPSA) is 83.9 Å². The van der Waals surface area contributed by atoms with Gasteiger partial charge >= 0.3 is 0 Å². The number of nitrogens with one attached hydrogen (secondary N) is 1. The molecule has 166 valence electrons. The van der Waals surface area contributed by atoms with Crippen molar-refractivity contribution in [2.45, 2.75) is 42.4 Å². The van der Waals surface area contributed by atoms with Gasteiger partial charge in [-0.05, 0) is 50.2 Å². The normalized spacial score (nSPS) is 32.3. The summed E-state index contributed by atoms with van der Waals surface area (Å²) in [4.78, 5) is 20.1. The van der Waals surface area contributed by atoms with Crippen LogP contribution in [0.2, 0.25) is 0 Å². The summed E-state index contributed by atoms with van der Waals surface area (Å²) >= 11 is 0. The minimum atomic E-state index is -1.05. The van der Waals surface area contributed by atoms with Gasteiger partial charge in [-0.1, -0.05) is 12.1 Å². The largest absolute Gasteiger partial charge is 0.493 e. The zero-order valence-electron chi connectivity index (χ0n) is 18.4. The van der Waals surface area contributed by atoms with E-state index < -0.39 is 17.1 Å². The molecule has 1 amide bonds. The Balaban J connectivity index is 1.49. The molecule has 2 N–H and O–H groups in total. The van der Waals surface area contributed by atoms with Crippen molar-refractivity contribution in [3.8, 4) is 11.5 Å². The number of carbonyl (C=O) groups excluding carboxylic acids is 1. The smallest absolute Gasteiger partial charge is 0.256 e. The van der Waals surface area contributed by atoms with E-state index in [0.29, 0.717) is 17.7 Å². The summed E-state index contributed by atoms with van der Waals surface area (Å²) in [5.41, 5.74) is 4.63. The van der Waals surface area contributed by atoms with Crippen molar-refractivity contribution in [1.82, 2.24) is 9.88 Å². The molecule has 1 saturated heterocycles. The Kier molecular flexibility index (Phi) is 3.04. The standard InChI is InChI=1S/C26H23N3O4/c1-29-9-8-25-19-12-6-7-16(32-2)22(19)33-23(25)21-14(11-26(25,31)17(29)10-12)20-18-13(24(30)28-20)4-3-5-15(18)27-21/h3-7,17,23,31H,8-11H2,1-2H3,(H,28,30)/t17-,23?,25-,26?/m0/s1. The van der Waals surface area contributed by atoms with Crippen LogP contribution in [0, 0.1) is 0 Å². The summed E-state index contributed by atoms with van der Waals surface area (Å²) in [6.45, 7) is 0.875. The number of pyridine rings is 1. The number of hydrogen-bond donors (Lipinski definition) is 2. The fourth-order valence-corrected chi connectivity index (χ4v) is 7.62. The molecule has 33 heavy (non-hydrogen) atoms. The Morgan fingerprint density at radius 2 is 2.18 bits per heavy atom. The van der Waals surface area contributed by atoms with Crippen LogP contribution in [0.5, 0.6) is 11.5 Å². The molecular weight excluding hydrogens is 418 g/mol. The molecule has 2 unspecified atom stereocenters. The average Bonchev–Trinajstić information content (AvgIpc) is 3.34. The first-order valence-corrected chi connectivity index (χ1v) is 11.5. The Hall–Kier alpha value is -3.16. The molecule has 8 rings (SSSR count). The third kappa shape index (κ3) is 1.79. The molecule has 7 nitrogen and oxygen atoms in total. The van der Waals surface area contributed by atoms with E-state index in [4.69, 9.17) is 14.5 Å². The Bertz CT molecular complexity index is 1450. The highest BCUT2D eigenvalue weighted by molar-refractivity contribution is 6.24. The third-order valence-electron chi connectivity index (χ3n) is 9.01. The molecule has 0 radical (unpaired) electrons. The SMILES string of the molecule is COc1ccc2c3c1OC1c4nc5cccc6c5c(c4CC4(O)[C@H](C2)N(C)CC[C@]314)NC6=O. The molecule has 4 atom stereocenters. The van der Waals surface area contributed by atoms with Crippen molar-refractivity contribution in [1.29, 1.82) is 0 Å². The lowest BCUT2D eigenvalue weighted by Crippen LogP contribution is -2.74. The van der Waals surface area contributed by atoms with Gasteiger partial charge in [-0.3, -0.25) is 4.79 Å². The number of nitrogens with zero attached hydrogens (tertiary/aromatic N) is 2. The van der Waals surface area contributed by atoms with Crippen molar-refractivity contribution in [2.24, 2.45) is 0 Å². The number of likely N-dealkylation sites (tertiary alicyclic amines) is 1. The number of anilines is 1.